The fraction of sp³-hybridized carbons (Fsp3) is 0.200. The molecule has 0 amide bonds. The van der Waals surface area contributed by atoms with E-state index in [1.54, 1.807) is 0 Å². The lowest BCUT2D eigenvalue weighted by atomic mass is 9.93. The predicted octanol–water partition coefficient (Wildman–Crippen LogP) is 4.64. The highest BCUT2D eigenvalue weighted by molar-refractivity contribution is 5.71. The van der Waals surface area contributed by atoms with Crippen LogP contribution < -0.4 is 0 Å². The summed E-state index contributed by atoms with van der Waals surface area (Å²) in [6.45, 7) is 3.84. The monoisotopic (exact) mass is 250 g/mol. The smallest absolute Gasteiger partial charge is 0.194 e. The quantitative estimate of drug-likeness (QED) is 0.681. The molecule has 0 aromatic heterocycles. The van der Waals surface area contributed by atoms with Gasteiger partial charge in [-0.15, -0.1) is 0 Å². The predicted molar refractivity (Wildman–Crippen MR) is 65.9 cm³/mol. The highest BCUT2D eigenvalue weighted by Crippen LogP contribution is 2.30. The highest BCUT2D eigenvalue weighted by Gasteiger charge is 2.14. The summed E-state index contributed by atoms with van der Waals surface area (Å²) >= 11 is 0. The third kappa shape index (κ3) is 2.13. The molecule has 0 atom stereocenters. The number of halogens is 3. The Labute approximate surface area is 104 Å². The van der Waals surface area contributed by atoms with Crippen LogP contribution in [0.15, 0.2) is 30.3 Å². The van der Waals surface area contributed by atoms with E-state index >= 15 is 0 Å². The molecule has 0 unspecified atom stereocenters. The Kier molecular flexibility index (Phi) is 3.41. The first-order valence-corrected chi connectivity index (χ1v) is 5.78. The molecule has 0 aliphatic carbocycles. The fourth-order valence-electron chi connectivity index (χ4n) is 2.14. The van der Waals surface area contributed by atoms with Gasteiger partial charge in [0.05, 0.1) is 0 Å². The van der Waals surface area contributed by atoms with E-state index in [0.717, 1.165) is 35.2 Å². The zero-order valence-corrected chi connectivity index (χ0v) is 10.2. The molecule has 0 radical (unpaired) electrons. The Balaban J connectivity index is 2.69. The van der Waals surface area contributed by atoms with Crippen molar-refractivity contribution in [1.29, 1.82) is 0 Å². The first kappa shape index (κ1) is 12.7. The summed E-state index contributed by atoms with van der Waals surface area (Å²) in [6.07, 6.45) is 0.748. The van der Waals surface area contributed by atoms with E-state index in [9.17, 15) is 13.2 Å². The molecule has 0 fully saturated rings. The molecule has 0 heterocycles. The maximum Gasteiger partial charge on any atom is 0.194 e. The second-order valence-corrected chi connectivity index (χ2v) is 4.22. The minimum absolute atomic E-state index is 0.376. The molecule has 0 nitrogen and oxygen atoms in total. The standard InChI is InChI=1S/C15H13F3/c1-3-10-6-4-5-9(2)14(10)11-7-12(16)15(18)13(17)8-11/h4-8H,3H2,1-2H3. The Hall–Kier alpha value is -1.77. The van der Waals surface area contributed by atoms with E-state index in [2.05, 4.69) is 0 Å². The molecule has 0 saturated heterocycles. The van der Waals surface area contributed by atoms with Crippen molar-refractivity contribution >= 4 is 0 Å². The number of rotatable bonds is 2. The maximum atomic E-state index is 13.3. The minimum Gasteiger partial charge on any atom is -0.204 e. The van der Waals surface area contributed by atoms with Gasteiger partial charge in [-0.1, -0.05) is 25.1 Å². The van der Waals surface area contributed by atoms with Crippen molar-refractivity contribution in [1.82, 2.24) is 0 Å². The van der Waals surface area contributed by atoms with Crippen LogP contribution in [0.4, 0.5) is 13.2 Å². The molecule has 0 aliphatic heterocycles. The summed E-state index contributed by atoms with van der Waals surface area (Å²) in [5.41, 5.74) is 3.05. The number of hydrogen-bond acceptors (Lipinski definition) is 0. The third-order valence-electron chi connectivity index (χ3n) is 3.01. The van der Waals surface area contributed by atoms with Gasteiger partial charge in [-0.25, -0.2) is 13.2 Å². The van der Waals surface area contributed by atoms with E-state index in [1.165, 1.54) is 0 Å². The number of benzene rings is 2. The normalized spacial score (nSPS) is 10.7. The molecule has 0 aliphatic rings. The molecule has 2 aromatic rings. The van der Waals surface area contributed by atoms with Crippen LogP contribution in [0.3, 0.4) is 0 Å². The lowest BCUT2D eigenvalue weighted by Crippen LogP contribution is -1.96. The topological polar surface area (TPSA) is 0 Å². The van der Waals surface area contributed by atoms with Crippen molar-refractivity contribution in [3.05, 3.63) is 58.9 Å². The van der Waals surface area contributed by atoms with E-state index in [0.29, 0.717) is 5.56 Å². The van der Waals surface area contributed by atoms with E-state index in [-0.39, 0.29) is 0 Å². The molecule has 2 rings (SSSR count). The summed E-state index contributed by atoms with van der Waals surface area (Å²) in [6, 6.07) is 7.75. The number of hydrogen-bond donors (Lipinski definition) is 0. The molecule has 3 heteroatoms. The van der Waals surface area contributed by atoms with Gasteiger partial charge in [0.15, 0.2) is 17.5 Å². The third-order valence-corrected chi connectivity index (χ3v) is 3.01. The van der Waals surface area contributed by atoms with Crippen LogP contribution in [-0.2, 0) is 6.42 Å². The molecule has 2 aromatic carbocycles. The SMILES string of the molecule is CCc1cccc(C)c1-c1cc(F)c(F)c(F)c1. The van der Waals surface area contributed by atoms with Gasteiger partial charge in [0, 0.05) is 0 Å². The van der Waals surface area contributed by atoms with Crippen molar-refractivity contribution < 1.29 is 13.2 Å². The highest BCUT2D eigenvalue weighted by atomic mass is 19.2. The average Bonchev–Trinajstić information content (AvgIpc) is 2.35. The zero-order valence-electron chi connectivity index (χ0n) is 10.2. The Morgan fingerprint density at radius 3 is 2.17 bits per heavy atom. The van der Waals surface area contributed by atoms with E-state index in [4.69, 9.17) is 0 Å². The first-order valence-electron chi connectivity index (χ1n) is 5.78. The van der Waals surface area contributed by atoms with Crippen LogP contribution in [0.2, 0.25) is 0 Å². The van der Waals surface area contributed by atoms with Gasteiger partial charge in [-0.2, -0.15) is 0 Å². The van der Waals surface area contributed by atoms with Crippen molar-refractivity contribution in [3.8, 4) is 11.1 Å². The molecule has 94 valence electrons. The van der Waals surface area contributed by atoms with Gasteiger partial charge in [0.2, 0.25) is 0 Å². The van der Waals surface area contributed by atoms with E-state index < -0.39 is 17.5 Å². The average molecular weight is 250 g/mol. The summed E-state index contributed by atoms with van der Waals surface area (Å²) in [4.78, 5) is 0. The van der Waals surface area contributed by atoms with Crippen LogP contribution in [0.1, 0.15) is 18.1 Å². The lowest BCUT2D eigenvalue weighted by molar-refractivity contribution is 0.447. The lowest BCUT2D eigenvalue weighted by Gasteiger charge is -2.12. The van der Waals surface area contributed by atoms with Crippen LogP contribution in [0.25, 0.3) is 11.1 Å². The summed E-state index contributed by atoms with van der Waals surface area (Å²) in [5, 5.41) is 0. The van der Waals surface area contributed by atoms with Gasteiger partial charge in [0.25, 0.3) is 0 Å². The fourth-order valence-corrected chi connectivity index (χ4v) is 2.14. The van der Waals surface area contributed by atoms with E-state index in [1.807, 2.05) is 32.0 Å². The van der Waals surface area contributed by atoms with Crippen LogP contribution in [-0.4, -0.2) is 0 Å². The molecule has 0 N–H and O–H groups in total. The number of aryl methyl sites for hydroxylation is 2. The van der Waals surface area contributed by atoms with Crippen LogP contribution >= 0.6 is 0 Å². The van der Waals surface area contributed by atoms with Gasteiger partial charge >= 0.3 is 0 Å². The second kappa shape index (κ2) is 4.84. The Morgan fingerprint density at radius 2 is 1.61 bits per heavy atom. The van der Waals surface area contributed by atoms with Gasteiger partial charge in [0.1, 0.15) is 0 Å². The second-order valence-electron chi connectivity index (χ2n) is 4.22. The van der Waals surface area contributed by atoms with Gasteiger partial charge in [-0.3, -0.25) is 0 Å². The summed E-state index contributed by atoms with van der Waals surface area (Å²) in [7, 11) is 0. The summed E-state index contributed by atoms with van der Waals surface area (Å²) in [5.74, 6) is -3.74. The Morgan fingerprint density at radius 1 is 1.00 bits per heavy atom. The molecule has 18 heavy (non-hydrogen) atoms. The van der Waals surface area contributed by atoms with Crippen LogP contribution in [0, 0.1) is 24.4 Å². The summed E-state index contributed by atoms with van der Waals surface area (Å²) < 4.78 is 39.5. The van der Waals surface area contributed by atoms with Crippen molar-refractivity contribution in [2.75, 3.05) is 0 Å². The molecular weight excluding hydrogens is 237 g/mol. The van der Waals surface area contributed by atoms with Gasteiger partial charge < -0.3 is 0 Å². The van der Waals surface area contributed by atoms with Gasteiger partial charge in [-0.05, 0) is 47.7 Å². The molecular formula is C15H13F3. The van der Waals surface area contributed by atoms with Crippen molar-refractivity contribution in [2.45, 2.75) is 20.3 Å². The van der Waals surface area contributed by atoms with Crippen molar-refractivity contribution in [3.63, 3.8) is 0 Å². The maximum absolute atomic E-state index is 13.3. The first-order chi connectivity index (χ1) is 8.54. The zero-order chi connectivity index (χ0) is 13.3. The largest absolute Gasteiger partial charge is 0.204 e. The Bertz CT molecular complexity index is 565. The molecule has 0 saturated carbocycles. The van der Waals surface area contributed by atoms with Crippen molar-refractivity contribution in [2.24, 2.45) is 0 Å². The molecule has 0 spiro atoms. The minimum atomic E-state index is -1.43. The molecule has 0 bridgehead atoms. The van der Waals surface area contributed by atoms with Crippen LogP contribution in [0.5, 0.6) is 0 Å².